The van der Waals surface area contributed by atoms with E-state index in [1.54, 1.807) is 6.08 Å². The minimum atomic E-state index is -3.12. The Morgan fingerprint density at radius 1 is 0.639 bits per heavy atom. The fourth-order valence-corrected chi connectivity index (χ4v) is 10.9. The van der Waals surface area contributed by atoms with Crippen LogP contribution in [0.2, 0.25) is 0 Å². The number of methoxy groups -OCH3 is 1. The zero-order valence-electron chi connectivity index (χ0n) is 49.8. The summed E-state index contributed by atoms with van der Waals surface area (Å²) in [5.74, 6) is -5.46. The minimum absolute atomic E-state index is 0.200. The molecule has 3 fully saturated rings. The number of carbonyl (C=O) groups is 3. The van der Waals surface area contributed by atoms with Crippen LogP contribution in [0.25, 0.3) is 0 Å². The Morgan fingerprint density at radius 3 is 1.64 bits per heavy atom. The summed E-state index contributed by atoms with van der Waals surface area (Å²) in [5, 5.41) is 135. The van der Waals surface area contributed by atoms with Gasteiger partial charge < -0.3 is 105 Å². The number of unbranched alkanes of at least 4 members (excludes halogenated alkanes) is 25. The predicted molar refractivity (Wildman–Crippen MR) is 303 cm³/mol. The fraction of sp³-hybridized carbons (Fsp3) is 0.915. The molecule has 3 saturated heterocycles. The van der Waals surface area contributed by atoms with Crippen molar-refractivity contribution in [2.45, 2.75) is 310 Å². The van der Waals surface area contributed by atoms with E-state index in [2.05, 4.69) is 29.2 Å². The molecule has 0 bridgehead atoms. The Kier molecular flexibility index (Phi) is 37.9. The second kappa shape index (κ2) is 42.2. The van der Waals surface area contributed by atoms with Gasteiger partial charge in [-0.1, -0.05) is 180 Å². The third-order valence-electron chi connectivity index (χ3n) is 16.1. The number of aliphatic carboxylic acids is 1. The van der Waals surface area contributed by atoms with Crippen molar-refractivity contribution in [3.63, 3.8) is 0 Å². The van der Waals surface area contributed by atoms with Gasteiger partial charge in [0.2, 0.25) is 5.91 Å². The number of amides is 2. The van der Waals surface area contributed by atoms with E-state index in [0.29, 0.717) is 12.8 Å². The van der Waals surface area contributed by atoms with E-state index >= 15 is 0 Å². The number of rotatable bonds is 45. The number of hydrogen-bond donors (Lipinski definition) is 14. The highest BCUT2D eigenvalue weighted by atomic mass is 16.8. The van der Waals surface area contributed by atoms with Crippen molar-refractivity contribution in [1.29, 1.82) is 0 Å². The van der Waals surface area contributed by atoms with Crippen LogP contribution in [-0.2, 0) is 42.7 Å². The molecule has 0 unspecified atom stereocenters. The van der Waals surface area contributed by atoms with Crippen LogP contribution in [0, 0.1) is 0 Å². The quantitative estimate of drug-likeness (QED) is 0.0307. The molecule has 24 heteroatoms. The van der Waals surface area contributed by atoms with Crippen LogP contribution in [0.5, 0.6) is 0 Å². The summed E-state index contributed by atoms with van der Waals surface area (Å²) in [5.41, 5.74) is 0. The molecule has 3 heterocycles. The minimum Gasteiger partial charge on any atom is -0.477 e. The number of aliphatic hydroxyl groups is 11. The zero-order chi connectivity index (χ0) is 61.2. The largest absolute Gasteiger partial charge is 0.477 e. The number of allylic oxidation sites excluding steroid dienone is 1. The van der Waals surface area contributed by atoms with Gasteiger partial charge in [0.25, 0.3) is 5.79 Å². The lowest BCUT2D eigenvalue weighted by molar-refractivity contribution is -0.386. The molecule has 2 amide bonds. The Bertz CT molecular complexity index is 1760. The molecular formula is C59H108N2O22. The van der Waals surface area contributed by atoms with Gasteiger partial charge in [0.15, 0.2) is 12.6 Å². The van der Waals surface area contributed by atoms with Crippen molar-refractivity contribution in [3.8, 4) is 0 Å². The van der Waals surface area contributed by atoms with Crippen LogP contribution in [0.3, 0.4) is 0 Å². The Hall–Kier alpha value is -2.73. The van der Waals surface area contributed by atoms with Crippen LogP contribution in [-0.4, -0.2) is 223 Å². The van der Waals surface area contributed by atoms with Crippen molar-refractivity contribution in [3.05, 3.63) is 12.2 Å². The second-order valence-electron chi connectivity index (χ2n) is 22.9. The van der Waals surface area contributed by atoms with Gasteiger partial charge in [-0.05, 0) is 19.3 Å². The average Bonchev–Trinajstić information content (AvgIpc) is 3.19. The van der Waals surface area contributed by atoms with Gasteiger partial charge in [-0.25, -0.2) is 9.59 Å². The first-order valence-corrected chi connectivity index (χ1v) is 31.2. The first kappa shape index (κ1) is 74.5. The van der Waals surface area contributed by atoms with Gasteiger partial charge >= 0.3 is 12.1 Å². The summed E-state index contributed by atoms with van der Waals surface area (Å²) >= 11 is 0. The van der Waals surface area contributed by atoms with E-state index < -0.39 is 155 Å². The van der Waals surface area contributed by atoms with Crippen LogP contribution < -0.4 is 10.6 Å². The van der Waals surface area contributed by atoms with E-state index in [4.69, 9.17) is 28.4 Å². The van der Waals surface area contributed by atoms with Gasteiger partial charge in [0, 0.05) is 12.8 Å². The monoisotopic (exact) mass is 1200 g/mol. The number of carboxylic acid groups (broad SMARTS) is 1. The summed E-state index contributed by atoms with van der Waals surface area (Å²) in [6.07, 6.45) is 3.90. The third kappa shape index (κ3) is 25.9. The van der Waals surface area contributed by atoms with E-state index in [1.807, 2.05) is 6.08 Å². The highest BCUT2D eigenvalue weighted by molar-refractivity contribution is 5.76. The fourth-order valence-electron chi connectivity index (χ4n) is 10.9. The third-order valence-corrected chi connectivity index (χ3v) is 16.1. The Labute approximate surface area is 491 Å². The molecule has 14 N–H and O–H groups in total. The van der Waals surface area contributed by atoms with Gasteiger partial charge in [-0.3, -0.25) is 4.79 Å². The molecule has 3 rings (SSSR count). The van der Waals surface area contributed by atoms with Crippen molar-refractivity contribution >= 4 is 18.0 Å². The van der Waals surface area contributed by atoms with Crippen molar-refractivity contribution in [1.82, 2.24) is 10.6 Å². The first-order valence-electron chi connectivity index (χ1n) is 31.2. The number of carboxylic acids is 1. The maximum atomic E-state index is 13.4. The van der Waals surface area contributed by atoms with E-state index in [1.165, 1.54) is 116 Å². The molecule has 0 radical (unpaired) electrons. The molecule has 0 aliphatic carbocycles. The topological polar surface area (TPSA) is 383 Å². The SMILES string of the molecule is CCCCCCCCCCCCC/C=C\[C@@H](O)[C@H](CO[C@@H]1O[C@H](CO)[C@@H](O[C@@H]2O[C@H](CO)[C@H](O)[C@H](O[C@]3(C(=O)O)C[C@H](O)[C@@H](NC(=O)OC)[C@H]([C@H](O)[C@H](O)CO)O3)[C@H]2O)[C@H](O)[C@H]1O)NC(=O)CCCCCCCCCCCCCCCCC. The number of nitrogens with one attached hydrogen (secondary N) is 2. The lowest BCUT2D eigenvalue weighted by Crippen LogP contribution is -2.71. The Balaban J connectivity index is 1.67. The summed E-state index contributed by atoms with van der Waals surface area (Å²) in [7, 11) is 0.967. The summed E-state index contributed by atoms with van der Waals surface area (Å²) < 4.78 is 39.2. The van der Waals surface area contributed by atoms with Gasteiger partial charge in [0.05, 0.1) is 57.8 Å². The maximum Gasteiger partial charge on any atom is 0.407 e. The molecule has 3 aliphatic heterocycles. The number of ether oxygens (including phenoxy) is 7. The lowest BCUT2D eigenvalue weighted by Gasteiger charge is -2.50. The molecule has 0 spiro atoms. The Morgan fingerprint density at radius 2 is 1.14 bits per heavy atom. The number of hydrogen-bond acceptors (Lipinski definition) is 21. The molecule has 0 saturated carbocycles. The van der Waals surface area contributed by atoms with Gasteiger partial charge in [-0.2, -0.15) is 0 Å². The molecule has 3 aliphatic rings. The predicted octanol–water partition coefficient (Wildman–Crippen LogP) is 3.39. The van der Waals surface area contributed by atoms with Gasteiger partial charge in [0.1, 0.15) is 67.1 Å². The van der Waals surface area contributed by atoms with E-state index in [-0.39, 0.29) is 12.3 Å². The van der Waals surface area contributed by atoms with Crippen LogP contribution in [0.4, 0.5) is 4.79 Å². The summed E-state index contributed by atoms with van der Waals surface area (Å²) in [6.45, 7) is 0.994. The smallest absolute Gasteiger partial charge is 0.407 e. The summed E-state index contributed by atoms with van der Waals surface area (Å²) in [6, 6.07) is -2.74. The van der Waals surface area contributed by atoms with Crippen molar-refractivity contribution in [2.24, 2.45) is 0 Å². The molecule has 24 nitrogen and oxygen atoms in total. The van der Waals surface area contributed by atoms with Crippen LogP contribution >= 0.6 is 0 Å². The molecule has 0 aromatic rings. The standard InChI is InChI=1S/C59H108N2O22/c1-4-6-8-10-12-14-16-18-19-21-23-25-27-29-31-33-45(68)60-39(40(65)32-30-28-26-24-22-20-17-15-13-11-9-7-5-2)38-78-55-50(72)49(71)52(44(37-64)80-55)81-56-51(73)54(48(70)43(36-63)79-56)83-59(57(74)75)34-41(66)46(61-58(76)77-3)53(82-59)47(69)42(67)35-62/h30,32,39-44,46-56,62-67,69-73H,4-29,31,33-38H2,1-3H3,(H,60,68)(H,61,76)(H,74,75)/b32-30-/t39-,40+,41-,42+,43+,44+,46+,47+,48-,49+,50+,51+,52+,53+,54-,55+,56-,59-/m0/s1. The highest BCUT2D eigenvalue weighted by Gasteiger charge is 2.60. The second-order valence-corrected chi connectivity index (χ2v) is 22.9. The average molecular weight is 1200 g/mol. The van der Waals surface area contributed by atoms with E-state index in [9.17, 15) is 75.7 Å². The van der Waals surface area contributed by atoms with Crippen LogP contribution in [0.1, 0.15) is 200 Å². The number of aliphatic hydroxyl groups excluding tert-OH is 11. The molecule has 0 aromatic carbocycles. The number of carbonyl (C=O) groups excluding carboxylic acids is 2. The highest BCUT2D eigenvalue weighted by Crippen LogP contribution is 2.38. The van der Waals surface area contributed by atoms with E-state index in [0.717, 1.165) is 52.1 Å². The molecule has 0 aromatic heterocycles. The summed E-state index contributed by atoms with van der Waals surface area (Å²) in [4.78, 5) is 38.6. The first-order chi connectivity index (χ1) is 39.9. The van der Waals surface area contributed by atoms with Crippen molar-refractivity contribution < 1.29 is 109 Å². The molecular weight excluding hydrogens is 1090 g/mol. The maximum absolute atomic E-state index is 13.4. The van der Waals surface area contributed by atoms with Gasteiger partial charge in [-0.15, -0.1) is 0 Å². The number of alkyl carbamates (subject to hydrolysis) is 1. The zero-order valence-corrected chi connectivity index (χ0v) is 49.8. The van der Waals surface area contributed by atoms with Crippen LogP contribution in [0.15, 0.2) is 12.2 Å². The van der Waals surface area contributed by atoms with Crippen molar-refractivity contribution in [2.75, 3.05) is 33.5 Å². The molecule has 18 atom stereocenters. The normalized spacial score (nSPS) is 30.0. The lowest BCUT2D eigenvalue weighted by atomic mass is 9.88. The molecule has 83 heavy (non-hydrogen) atoms. The molecule has 486 valence electrons.